The summed E-state index contributed by atoms with van der Waals surface area (Å²) in [5, 5.41) is 11.0. The minimum Gasteiger partial charge on any atom is -0.449 e. The van der Waals surface area contributed by atoms with E-state index in [-0.39, 0.29) is 11.4 Å². The molecule has 0 unspecified atom stereocenters. The Labute approximate surface area is 109 Å². The summed E-state index contributed by atoms with van der Waals surface area (Å²) in [6, 6.07) is 11.3. The van der Waals surface area contributed by atoms with E-state index in [4.69, 9.17) is 4.74 Å². The first-order valence-corrected chi connectivity index (χ1v) is 5.59. The summed E-state index contributed by atoms with van der Waals surface area (Å²) in [6.07, 6.45) is 0.652. The van der Waals surface area contributed by atoms with E-state index in [1.54, 1.807) is 43.3 Å². The molecule has 5 heteroatoms. The quantitative estimate of drug-likeness (QED) is 0.477. The van der Waals surface area contributed by atoms with Gasteiger partial charge in [0.05, 0.1) is 10.5 Å². The summed E-state index contributed by atoms with van der Waals surface area (Å²) in [5.74, 6) is 0.455. The van der Waals surface area contributed by atoms with Crippen LogP contribution in [0.5, 0.6) is 11.5 Å². The van der Waals surface area contributed by atoms with Gasteiger partial charge in [-0.15, -0.1) is 0 Å². The van der Waals surface area contributed by atoms with Crippen molar-refractivity contribution in [2.45, 2.75) is 6.92 Å². The largest absolute Gasteiger partial charge is 0.449 e. The monoisotopic (exact) mass is 257 g/mol. The highest BCUT2D eigenvalue weighted by atomic mass is 16.6. The number of nitro groups is 1. The second-order valence-corrected chi connectivity index (χ2v) is 3.94. The lowest BCUT2D eigenvalue weighted by atomic mass is 10.2. The highest BCUT2D eigenvalue weighted by Gasteiger charge is 2.18. The van der Waals surface area contributed by atoms with Gasteiger partial charge in [0, 0.05) is 6.07 Å². The third-order valence-corrected chi connectivity index (χ3v) is 2.65. The number of aryl methyl sites for hydroxylation is 1. The maximum absolute atomic E-state index is 11.0. The van der Waals surface area contributed by atoms with Crippen molar-refractivity contribution in [3.05, 3.63) is 63.7 Å². The summed E-state index contributed by atoms with van der Waals surface area (Å²) in [7, 11) is 0. The van der Waals surface area contributed by atoms with E-state index >= 15 is 0 Å². The molecule has 0 atom stereocenters. The van der Waals surface area contributed by atoms with E-state index in [0.29, 0.717) is 23.2 Å². The molecular formula is C14H11NO4. The maximum Gasteiger partial charge on any atom is 0.311 e. The number of ether oxygens (including phenoxy) is 1. The van der Waals surface area contributed by atoms with E-state index < -0.39 is 4.92 Å². The summed E-state index contributed by atoms with van der Waals surface area (Å²) in [5.41, 5.74) is 0.857. The molecule has 2 rings (SSSR count). The van der Waals surface area contributed by atoms with Crippen LogP contribution in [0.3, 0.4) is 0 Å². The lowest BCUT2D eigenvalue weighted by molar-refractivity contribution is -0.385. The van der Waals surface area contributed by atoms with Gasteiger partial charge in [-0.2, -0.15) is 0 Å². The van der Waals surface area contributed by atoms with Crippen molar-refractivity contribution in [2.24, 2.45) is 0 Å². The van der Waals surface area contributed by atoms with E-state index in [9.17, 15) is 14.9 Å². The highest BCUT2D eigenvalue weighted by molar-refractivity contribution is 5.79. The van der Waals surface area contributed by atoms with Gasteiger partial charge < -0.3 is 4.74 Å². The zero-order valence-electron chi connectivity index (χ0n) is 10.2. The molecule has 2 aromatic rings. The van der Waals surface area contributed by atoms with Gasteiger partial charge in [0.25, 0.3) is 0 Å². The van der Waals surface area contributed by atoms with Crippen molar-refractivity contribution in [3.63, 3.8) is 0 Å². The van der Waals surface area contributed by atoms with E-state index in [2.05, 4.69) is 0 Å². The highest BCUT2D eigenvalue weighted by Crippen LogP contribution is 2.35. The normalized spacial score (nSPS) is 9.95. The van der Waals surface area contributed by atoms with Gasteiger partial charge in [0.1, 0.15) is 5.75 Å². The smallest absolute Gasteiger partial charge is 0.311 e. The minimum atomic E-state index is -0.508. The number of nitrogens with zero attached hydrogens (tertiary/aromatic N) is 1. The van der Waals surface area contributed by atoms with Crippen molar-refractivity contribution in [2.75, 3.05) is 0 Å². The molecule has 0 spiro atoms. The average molecular weight is 257 g/mol. The molecular weight excluding hydrogens is 246 g/mol. The molecule has 0 aromatic heterocycles. The molecule has 0 saturated carbocycles. The van der Waals surface area contributed by atoms with Crippen LogP contribution in [0.4, 0.5) is 5.69 Å². The van der Waals surface area contributed by atoms with Crippen molar-refractivity contribution in [1.82, 2.24) is 0 Å². The number of aldehydes is 1. The Kier molecular flexibility index (Phi) is 3.56. The molecule has 0 fully saturated rings. The molecule has 2 aromatic carbocycles. The molecule has 19 heavy (non-hydrogen) atoms. The fourth-order valence-electron chi connectivity index (χ4n) is 1.69. The van der Waals surface area contributed by atoms with Crippen LogP contribution in [-0.4, -0.2) is 11.2 Å². The van der Waals surface area contributed by atoms with Gasteiger partial charge in [-0.05, 0) is 24.6 Å². The van der Waals surface area contributed by atoms with Crippen molar-refractivity contribution >= 4 is 12.0 Å². The second-order valence-electron chi connectivity index (χ2n) is 3.94. The van der Waals surface area contributed by atoms with Gasteiger partial charge in [-0.1, -0.05) is 24.3 Å². The number of carbonyl (C=O) groups excluding carboxylic acids is 1. The Bertz CT molecular complexity index is 637. The Morgan fingerprint density at radius 2 is 1.89 bits per heavy atom. The number of para-hydroxylation sites is 2. The van der Waals surface area contributed by atoms with Gasteiger partial charge in [0.15, 0.2) is 6.29 Å². The maximum atomic E-state index is 11.0. The first kappa shape index (κ1) is 12.8. The van der Waals surface area contributed by atoms with Crippen LogP contribution in [0.25, 0.3) is 0 Å². The topological polar surface area (TPSA) is 69.4 Å². The Morgan fingerprint density at radius 1 is 1.16 bits per heavy atom. The predicted octanol–water partition coefficient (Wildman–Crippen LogP) is 3.51. The zero-order valence-corrected chi connectivity index (χ0v) is 10.2. The molecule has 0 aliphatic heterocycles. The van der Waals surface area contributed by atoms with Crippen molar-refractivity contribution in [1.29, 1.82) is 0 Å². The Hall–Kier alpha value is -2.69. The fourth-order valence-corrected chi connectivity index (χ4v) is 1.69. The second kappa shape index (κ2) is 5.30. The molecule has 0 heterocycles. The van der Waals surface area contributed by atoms with Crippen LogP contribution in [0.15, 0.2) is 42.5 Å². The van der Waals surface area contributed by atoms with Crippen molar-refractivity contribution < 1.29 is 14.5 Å². The first-order valence-electron chi connectivity index (χ1n) is 5.59. The molecule has 5 nitrogen and oxygen atoms in total. The molecule has 0 saturated heterocycles. The van der Waals surface area contributed by atoms with Crippen LogP contribution in [0.1, 0.15) is 15.9 Å². The molecule has 96 valence electrons. The lowest BCUT2D eigenvalue weighted by Crippen LogP contribution is -1.97. The summed E-state index contributed by atoms with van der Waals surface area (Å²) in [4.78, 5) is 21.4. The molecule has 0 aliphatic rings. The van der Waals surface area contributed by atoms with E-state index in [0.717, 1.165) is 0 Å². The number of benzene rings is 2. The number of nitro benzene ring substituents is 1. The first-order chi connectivity index (χ1) is 9.13. The molecule has 0 radical (unpaired) electrons. The predicted molar refractivity (Wildman–Crippen MR) is 69.7 cm³/mol. The third-order valence-electron chi connectivity index (χ3n) is 2.65. The van der Waals surface area contributed by atoms with Crippen LogP contribution in [-0.2, 0) is 0 Å². The Balaban J connectivity index is 2.49. The summed E-state index contributed by atoms with van der Waals surface area (Å²) in [6.45, 7) is 1.71. The SMILES string of the molecule is Cc1cccc([N+](=O)[O-])c1Oc1ccccc1C=O. The van der Waals surface area contributed by atoms with E-state index in [1.807, 2.05) is 0 Å². The molecule has 0 amide bonds. The number of carbonyl (C=O) groups is 1. The van der Waals surface area contributed by atoms with Gasteiger partial charge in [0.2, 0.25) is 5.75 Å². The standard InChI is InChI=1S/C14H11NO4/c1-10-5-4-7-12(15(17)18)14(10)19-13-8-3-2-6-11(13)9-16/h2-9H,1H3. The zero-order chi connectivity index (χ0) is 13.8. The van der Waals surface area contributed by atoms with Crippen LogP contribution in [0.2, 0.25) is 0 Å². The van der Waals surface area contributed by atoms with Gasteiger partial charge in [-0.3, -0.25) is 14.9 Å². The summed E-state index contributed by atoms with van der Waals surface area (Å²) >= 11 is 0. The van der Waals surface area contributed by atoms with E-state index in [1.165, 1.54) is 6.07 Å². The van der Waals surface area contributed by atoms with Crippen LogP contribution < -0.4 is 4.74 Å². The summed E-state index contributed by atoms with van der Waals surface area (Å²) < 4.78 is 5.55. The third kappa shape index (κ3) is 2.60. The van der Waals surface area contributed by atoms with Gasteiger partial charge in [-0.25, -0.2) is 0 Å². The van der Waals surface area contributed by atoms with Gasteiger partial charge >= 0.3 is 5.69 Å². The molecule has 0 aliphatic carbocycles. The number of rotatable bonds is 4. The fraction of sp³-hybridized carbons (Fsp3) is 0.0714. The molecule has 0 bridgehead atoms. The van der Waals surface area contributed by atoms with Crippen LogP contribution in [0, 0.1) is 17.0 Å². The minimum absolute atomic E-state index is 0.124. The number of hydrogen-bond donors (Lipinski definition) is 0. The van der Waals surface area contributed by atoms with Crippen molar-refractivity contribution in [3.8, 4) is 11.5 Å². The average Bonchev–Trinajstić information content (AvgIpc) is 2.41. The number of hydrogen-bond acceptors (Lipinski definition) is 4. The molecule has 0 N–H and O–H groups in total. The Morgan fingerprint density at radius 3 is 2.58 bits per heavy atom. The van der Waals surface area contributed by atoms with Crippen LogP contribution >= 0.6 is 0 Å². The lowest BCUT2D eigenvalue weighted by Gasteiger charge is -2.10.